The van der Waals surface area contributed by atoms with E-state index >= 15 is 0 Å². The third kappa shape index (κ3) is 4.44. The minimum absolute atomic E-state index is 0.0234. The molecule has 1 fully saturated rings. The van der Waals surface area contributed by atoms with Crippen molar-refractivity contribution in [1.82, 2.24) is 10.2 Å². The van der Waals surface area contributed by atoms with E-state index in [0.29, 0.717) is 18.0 Å². The van der Waals surface area contributed by atoms with Crippen LogP contribution in [0.1, 0.15) is 59.8 Å². The molecule has 0 radical (unpaired) electrons. The van der Waals surface area contributed by atoms with Gasteiger partial charge in [-0.3, -0.25) is 0 Å². The van der Waals surface area contributed by atoms with Gasteiger partial charge < -0.3 is 15.3 Å². The first-order chi connectivity index (χ1) is 8.95. The van der Waals surface area contributed by atoms with Crippen LogP contribution in [-0.4, -0.2) is 47.8 Å². The van der Waals surface area contributed by atoms with Gasteiger partial charge in [-0.05, 0) is 52.1 Å². The minimum Gasteiger partial charge on any atom is -0.394 e. The van der Waals surface area contributed by atoms with E-state index in [4.69, 9.17) is 0 Å². The van der Waals surface area contributed by atoms with Gasteiger partial charge in [-0.15, -0.1) is 0 Å². The van der Waals surface area contributed by atoms with Crippen molar-refractivity contribution in [2.45, 2.75) is 77.4 Å². The summed E-state index contributed by atoms with van der Waals surface area (Å²) >= 11 is 0. The lowest BCUT2D eigenvalue weighted by molar-refractivity contribution is 0.102. The van der Waals surface area contributed by atoms with Crippen LogP contribution in [0.2, 0.25) is 0 Å². The van der Waals surface area contributed by atoms with Crippen molar-refractivity contribution < 1.29 is 5.11 Å². The van der Waals surface area contributed by atoms with Gasteiger partial charge in [0.1, 0.15) is 0 Å². The molecule has 2 N–H and O–H groups in total. The summed E-state index contributed by atoms with van der Waals surface area (Å²) in [7, 11) is 2.22. The fourth-order valence-corrected chi connectivity index (χ4v) is 3.48. The first kappa shape index (κ1) is 16.9. The van der Waals surface area contributed by atoms with Gasteiger partial charge in [-0.2, -0.15) is 0 Å². The average Bonchev–Trinajstić information content (AvgIpc) is 2.77. The number of rotatable bonds is 8. The summed E-state index contributed by atoms with van der Waals surface area (Å²) in [6.45, 7) is 10.3. The van der Waals surface area contributed by atoms with Crippen molar-refractivity contribution in [3.05, 3.63) is 0 Å². The molecule has 3 heteroatoms. The molecule has 0 aromatic heterocycles. The van der Waals surface area contributed by atoms with E-state index in [0.717, 1.165) is 13.0 Å². The van der Waals surface area contributed by atoms with Gasteiger partial charge in [-0.1, -0.05) is 27.2 Å². The van der Waals surface area contributed by atoms with E-state index in [-0.39, 0.29) is 12.1 Å². The maximum absolute atomic E-state index is 9.88. The van der Waals surface area contributed by atoms with Crippen molar-refractivity contribution in [2.24, 2.45) is 5.92 Å². The summed E-state index contributed by atoms with van der Waals surface area (Å²) in [5.41, 5.74) is -0.0234. The molecular formula is C16H34N2O. The smallest absolute Gasteiger partial charge is 0.0616 e. The Morgan fingerprint density at radius 2 is 2.05 bits per heavy atom. The molecule has 0 amide bonds. The van der Waals surface area contributed by atoms with Gasteiger partial charge in [0, 0.05) is 17.6 Å². The summed E-state index contributed by atoms with van der Waals surface area (Å²) < 4.78 is 0. The monoisotopic (exact) mass is 270 g/mol. The largest absolute Gasteiger partial charge is 0.394 e. The molecule has 3 atom stereocenters. The lowest BCUT2D eigenvalue weighted by Gasteiger charge is -2.38. The quantitative estimate of drug-likeness (QED) is 0.712. The molecule has 19 heavy (non-hydrogen) atoms. The second-order valence-corrected chi connectivity index (χ2v) is 6.73. The first-order valence-corrected chi connectivity index (χ1v) is 8.04. The van der Waals surface area contributed by atoms with Crippen LogP contribution < -0.4 is 5.32 Å². The molecule has 114 valence electrons. The SMILES string of the molecule is CCC(C)N(C)CCC1CCCC1(CO)NC(C)C. The van der Waals surface area contributed by atoms with E-state index in [2.05, 4.69) is 45.0 Å². The summed E-state index contributed by atoms with van der Waals surface area (Å²) in [4.78, 5) is 2.45. The van der Waals surface area contributed by atoms with Crippen LogP contribution in [0.15, 0.2) is 0 Å². The summed E-state index contributed by atoms with van der Waals surface area (Å²) in [5.74, 6) is 0.617. The number of hydrogen-bond donors (Lipinski definition) is 2. The van der Waals surface area contributed by atoms with Crippen molar-refractivity contribution in [1.29, 1.82) is 0 Å². The Labute approximate surface area is 119 Å². The Balaban J connectivity index is 2.55. The molecule has 0 heterocycles. The lowest BCUT2D eigenvalue weighted by atomic mass is 9.84. The fraction of sp³-hybridized carbons (Fsp3) is 1.00. The normalized spacial score (nSPS) is 29.4. The minimum atomic E-state index is -0.0234. The van der Waals surface area contributed by atoms with E-state index in [9.17, 15) is 5.11 Å². The van der Waals surface area contributed by atoms with Crippen LogP contribution in [0.3, 0.4) is 0 Å². The van der Waals surface area contributed by atoms with Gasteiger partial charge in [-0.25, -0.2) is 0 Å². The van der Waals surface area contributed by atoms with Gasteiger partial charge in [0.05, 0.1) is 6.61 Å². The molecule has 1 rings (SSSR count). The third-order valence-electron chi connectivity index (χ3n) is 4.99. The Kier molecular flexibility index (Phi) is 6.78. The van der Waals surface area contributed by atoms with Crippen LogP contribution in [-0.2, 0) is 0 Å². The molecule has 3 nitrogen and oxygen atoms in total. The Morgan fingerprint density at radius 3 is 2.58 bits per heavy atom. The van der Waals surface area contributed by atoms with Crippen LogP contribution in [0.4, 0.5) is 0 Å². The molecular weight excluding hydrogens is 236 g/mol. The van der Waals surface area contributed by atoms with Crippen molar-refractivity contribution in [3.8, 4) is 0 Å². The zero-order chi connectivity index (χ0) is 14.5. The predicted octanol–water partition coefficient (Wildman–Crippen LogP) is 2.64. The molecule has 1 saturated carbocycles. The third-order valence-corrected chi connectivity index (χ3v) is 4.99. The first-order valence-electron chi connectivity index (χ1n) is 8.04. The average molecular weight is 270 g/mol. The maximum Gasteiger partial charge on any atom is 0.0616 e. The Hall–Kier alpha value is -0.120. The number of aliphatic hydroxyl groups is 1. The number of nitrogens with one attached hydrogen (secondary N) is 1. The van der Waals surface area contributed by atoms with E-state index in [1.807, 2.05) is 0 Å². The molecule has 1 aliphatic rings. The van der Waals surface area contributed by atoms with Crippen LogP contribution in [0.5, 0.6) is 0 Å². The summed E-state index contributed by atoms with van der Waals surface area (Å²) in [6.07, 6.45) is 6.03. The Bertz CT molecular complexity index is 257. The number of aliphatic hydroxyl groups excluding tert-OH is 1. The predicted molar refractivity (Wildman–Crippen MR) is 82.4 cm³/mol. The highest BCUT2D eigenvalue weighted by Crippen LogP contribution is 2.38. The second-order valence-electron chi connectivity index (χ2n) is 6.73. The van der Waals surface area contributed by atoms with Crippen LogP contribution in [0.25, 0.3) is 0 Å². The summed E-state index contributed by atoms with van der Waals surface area (Å²) in [5, 5.41) is 13.5. The zero-order valence-corrected chi connectivity index (χ0v) is 13.6. The maximum atomic E-state index is 9.88. The highest BCUT2D eigenvalue weighted by atomic mass is 16.3. The molecule has 0 spiro atoms. The number of nitrogens with zero attached hydrogens (tertiary/aromatic N) is 1. The van der Waals surface area contributed by atoms with E-state index < -0.39 is 0 Å². The van der Waals surface area contributed by atoms with Gasteiger partial charge in [0.25, 0.3) is 0 Å². The van der Waals surface area contributed by atoms with Crippen LogP contribution in [0, 0.1) is 5.92 Å². The lowest BCUT2D eigenvalue weighted by Crippen LogP contribution is -2.54. The molecule has 0 bridgehead atoms. The van der Waals surface area contributed by atoms with E-state index in [1.54, 1.807) is 0 Å². The zero-order valence-electron chi connectivity index (χ0n) is 13.6. The molecule has 3 unspecified atom stereocenters. The van der Waals surface area contributed by atoms with Crippen molar-refractivity contribution in [3.63, 3.8) is 0 Å². The second kappa shape index (κ2) is 7.61. The van der Waals surface area contributed by atoms with Gasteiger partial charge in [0.15, 0.2) is 0 Å². The van der Waals surface area contributed by atoms with Gasteiger partial charge >= 0.3 is 0 Å². The Morgan fingerprint density at radius 1 is 1.37 bits per heavy atom. The molecule has 0 aliphatic heterocycles. The van der Waals surface area contributed by atoms with Crippen molar-refractivity contribution >= 4 is 0 Å². The highest BCUT2D eigenvalue weighted by molar-refractivity contribution is 4.99. The topological polar surface area (TPSA) is 35.5 Å². The van der Waals surface area contributed by atoms with Gasteiger partial charge in [0.2, 0.25) is 0 Å². The van der Waals surface area contributed by atoms with E-state index in [1.165, 1.54) is 25.7 Å². The van der Waals surface area contributed by atoms with Crippen molar-refractivity contribution in [2.75, 3.05) is 20.2 Å². The summed E-state index contributed by atoms with van der Waals surface area (Å²) in [6, 6.07) is 1.10. The molecule has 0 saturated heterocycles. The molecule has 0 aromatic rings. The fourth-order valence-electron chi connectivity index (χ4n) is 3.48. The highest BCUT2D eigenvalue weighted by Gasteiger charge is 2.42. The molecule has 1 aliphatic carbocycles. The molecule has 0 aromatic carbocycles. The standard InChI is InChI=1S/C16H34N2O/c1-6-14(4)18(5)11-9-15-8-7-10-16(15,12-19)17-13(2)3/h13-15,17,19H,6-12H2,1-5H3. The van der Waals surface area contributed by atoms with Crippen LogP contribution >= 0.6 is 0 Å². The number of hydrogen-bond acceptors (Lipinski definition) is 3.